The Kier molecular flexibility index (Phi) is 8.38. The molecule has 0 atom stereocenters. The Morgan fingerprint density at radius 1 is 1.06 bits per heavy atom. The summed E-state index contributed by atoms with van der Waals surface area (Å²) in [6.07, 6.45) is 15.4. The first kappa shape index (κ1) is 24.1. The molecule has 4 nitrogen and oxygen atoms in total. The first-order chi connectivity index (χ1) is 14.6. The van der Waals surface area contributed by atoms with Crippen molar-refractivity contribution in [3.8, 4) is 0 Å². The third kappa shape index (κ3) is 7.56. The number of anilines is 1. The van der Waals surface area contributed by atoms with Crippen LogP contribution in [0.25, 0.3) is 0 Å². The molecule has 2 rings (SSSR count). The number of hydrogen-bond acceptors (Lipinski definition) is 2. The van der Waals surface area contributed by atoms with Gasteiger partial charge in [0, 0.05) is 11.8 Å². The second-order valence-electron chi connectivity index (χ2n) is 8.79. The van der Waals surface area contributed by atoms with Gasteiger partial charge < -0.3 is 10.4 Å². The lowest BCUT2D eigenvalue weighted by Crippen LogP contribution is -2.19. The number of carboxylic acids is 1. The molecule has 0 radical (unpaired) electrons. The van der Waals surface area contributed by atoms with Gasteiger partial charge in [0.25, 0.3) is 0 Å². The van der Waals surface area contributed by atoms with Gasteiger partial charge in [-0.15, -0.1) is 0 Å². The maximum atomic E-state index is 12.1. The van der Waals surface area contributed by atoms with E-state index in [0.29, 0.717) is 5.69 Å². The van der Waals surface area contributed by atoms with Crippen molar-refractivity contribution in [1.82, 2.24) is 0 Å². The summed E-state index contributed by atoms with van der Waals surface area (Å²) in [6.45, 7) is 10.8. The van der Waals surface area contributed by atoms with Gasteiger partial charge in [0.05, 0.1) is 5.56 Å². The second kappa shape index (κ2) is 10.8. The molecule has 0 saturated carbocycles. The molecule has 0 aromatic heterocycles. The highest BCUT2D eigenvalue weighted by Gasteiger charge is 2.26. The van der Waals surface area contributed by atoms with Crippen LogP contribution in [0.4, 0.5) is 5.69 Å². The van der Waals surface area contributed by atoms with Crippen LogP contribution in [-0.2, 0) is 4.79 Å². The molecule has 164 valence electrons. The van der Waals surface area contributed by atoms with Gasteiger partial charge in [0.1, 0.15) is 0 Å². The summed E-state index contributed by atoms with van der Waals surface area (Å²) < 4.78 is 0. The van der Waals surface area contributed by atoms with Crippen LogP contribution >= 0.6 is 0 Å². The Balaban J connectivity index is 1.95. The van der Waals surface area contributed by atoms with Gasteiger partial charge in [0.2, 0.25) is 5.91 Å². The number of hydrogen-bond donors (Lipinski definition) is 2. The van der Waals surface area contributed by atoms with E-state index < -0.39 is 5.97 Å². The number of carbonyl (C=O) groups excluding carboxylic acids is 1. The smallest absolute Gasteiger partial charge is 0.335 e. The highest BCUT2D eigenvalue weighted by atomic mass is 16.4. The number of amides is 1. The van der Waals surface area contributed by atoms with E-state index in [4.69, 9.17) is 5.11 Å². The van der Waals surface area contributed by atoms with E-state index in [1.54, 1.807) is 12.1 Å². The van der Waals surface area contributed by atoms with Gasteiger partial charge in [-0.2, -0.15) is 0 Å². The minimum absolute atomic E-state index is 0.183. The Morgan fingerprint density at radius 2 is 1.74 bits per heavy atom. The first-order valence-corrected chi connectivity index (χ1v) is 10.6. The summed E-state index contributed by atoms with van der Waals surface area (Å²) in [5, 5.41) is 11.6. The van der Waals surface area contributed by atoms with Crippen LogP contribution in [0.1, 0.15) is 64.2 Å². The van der Waals surface area contributed by atoms with Crippen LogP contribution in [0.3, 0.4) is 0 Å². The van der Waals surface area contributed by atoms with Crippen molar-refractivity contribution in [2.24, 2.45) is 5.41 Å². The fourth-order valence-corrected chi connectivity index (χ4v) is 3.76. The number of benzene rings is 1. The largest absolute Gasteiger partial charge is 0.478 e. The maximum Gasteiger partial charge on any atom is 0.335 e. The highest BCUT2D eigenvalue weighted by molar-refractivity contribution is 6.00. The summed E-state index contributed by atoms with van der Waals surface area (Å²) in [7, 11) is 0. The number of carbonyl (C=O) groups is 2. The molecular weight excluding hydrogens is 386 g/mol. The van der Waals surface area contributed by atoms with Gasteiger partial charge >= 0.3 is 5.97 Å². The minimum Gasteiger partial charge on any atom is -0.478 e. The molecule has 0 fully saturated rings. The quantitative estimate of drug-likeness (QED) is 0.375. The monoisotopic (exact) mass is 419 g/mol. The molecule has 0 saturated heterocycles. The number of carboxylic acid groups (broad SMARTS) is 1. The molecule has 1 aromatic rings. The number of allylic oxidation sites excluding steroid dienone is 9. The van der Waals surface area contributed by atoms with Crippen molar-refractivity contribution in [2.45, 2.75) is 53.9 Å². The average Bonchev–Trinajstić information content (AvgIpc) is 2.67. The van der Waals surface area contributed by atoms with Crippen LogP contribution in [0, 0.1) is 5.41 Å². The molecule has 0 bridgehead atoms. The predicted octanol–water partition coefficient (Wildman–Crippen LogP) is 6.85. The first-order valence-electron chi connectivity index (χ1n) is 10.6. The van der Waals surface area contributed by atoms with Gasteiger partial charge in [-0.3, -0.25) is 4.79 Å². The molecule has 0 aliphatic heterocycles. The number of aromatic carboxylic acids is 1. The zero-order chi connectivity index (χ0) is 23.0. The van der Waals surface area contributed by atoms with Gasteiger partial charge in [-0.1, -0.05) is 55.4 Å². The maximum absolute atomic E-state index is 12.1. The Morgan fingerprint density at radius 3 is 2.35 bits per heavy atom. The molecule has 0 unspecified atom stereocenters. The van der Waals surface area contributed by atoms with E-state index in [1.807, 2.05) is 25.2 Å². The average molecular weight is 420 g/mol. The minimum atomic E-state index is -0.994. The summed E-state index contributed by atoms with van der Waals surface area (Å²) in [6, 6.07) is 6.07. The topological polar surface area (TPSA) is 66.4 Å². The van der Waals surface area contributed by atoms with Crippen molar-refractivity contribution in [3.05, 3.63) is 88.6 Å². The zero-order valence-corrected chi connectivity index (χ0v) is 19.2. The van der Waals surface area contributed by atoms with Crippen LogP contribution in [0.5, 0.6) is 0 Å². The third-order valence-corrected chi connectivity index (χ3v) is 5.53. The molecule has 1 aromatic carbocycles. The fraction of sp³-hybridized carbons (Fsp3) is 0.333. The van der Waals surface area contributed by atoms with Crippen molar-refractivity contribution in [3.63, 3.8) is 0 Å². The van der Waals surface area contributed by atoms with Crippen LogP contribution in [0.2, 0.25) is 0 Å². The summed E-state index contributed by atoms with van der Waals surface area (Å²) >= 11 is 0. The lowest BCUT2D eigenvalue weighted by Gasteiger charge is -2.32. The van der Waals surface area contributed by atoms with E-state index in [9.17, 15) is 9.59 Å². The summed E-state index contributed by atoms with van der Waals surface area (Å²) in [5.74, 6) is -1.25. The van der Waals surface area contributed by atoms with Gasteiger partial charge in [-0.25, -0.2) is 4.79 Å². The summed E-state index contributed by atoms with van der Waals surface area (Å²) in [5.41, 5.74) is 5.86. The van der Waals surface area contributed by atoms with Crippen LogP contribution < -0.4 is 5.32 Å². The van der Waals surface area contributed by atoms with E-state index in [2.05, 4.69) is 45.2 Å². The normalized spacial score (nSPS) is 17.5. The molecule has 0 spiro atoms. The molecule has 4 heteroatoms. The van der Waals surface area contributed by atoms with E-state index >= 15 is 0 Å². The second-order valence-corrected chi connectivity index (χ2v) is 8.79. The molecule has 2 N–H and O–H groups in total. The number of rotatable bonds is 7. The Bertz CT molecular complexity index is 970. The molecule has 1 aliphatic rings. The van der Waals surface area contributed by atoms with Crippen molar-refractivity contribution in [1.29, 1.82) is 0 Å². The Hall–Kier alpha value is -3.14. The molecule has 1 amide bonds. The lowest BCUT2D eigenvalue weighted by atomic mass is 9.72. The molecule has 31 heavy (non-hydrogen) atoms. The third-order valence-electron chi connectivity index (χ3n) is 5.53. The van der Waals surface area contributed by atoms with Gasteiger partial charge in [0.15, 0.2) is 0 Å². The molecule has 1 aliphatic carbocycles. The van der Waals surface area contributed by atoms with Crippen LogP contribution in [0.15, 0.2) is 83.0 Å². The predicted molar refractivity (Wildman–Crippen MR) is 128 cm³/mol. The zero-order valence-electron chi connectivity index (χ0n) is 19.2. The van der Waals surface area contributed by atoms with Gasteiger partial charge in [-0.05, 0) is 80.9 Å². The van der Waals surface area contributed by atoms with Crippen LogP contribution in [-0.4, -0.2) is 17.0 Å². The standard InChI is InChI=1S/C27H33NO3/c1-19(11-16-24-21(3)10-7-17-27(24,4)5)8-6-9-20(2)18-25(29)28-23-14-12-22(13-15-23)26(30)31/h6,8-9,11-16,18H,7,10,17H2,1-5H3,(H,28,29)(H,30,31)/b9-6+,16-11+,19-8-,20-18-. The molecule has 0 heterocycles. The lowest BCUT2D eigenvalue weighted by molar-refractivity contribution is -0.111. The fourth-order valence-electron chi connectivity index (χ4n) is 3.76. The van der Waals surface area contributed by atoms with Crippen molar-refractivity contribution in [2.75, 3.05) is 5.32 Å². The summed E-state index contributed by atoms with van der Waals surface area (Å²) in [4.78, 5) is 23.0. The van der Waals surface area contributed by atoms with E-state index in [-0.39, 0.29) is 16.9 Å². The van der Waals surface area contributed by atoms with Crippen molar-refractivity contribution >= 4 is 17.6 Å². The SMILES string of the molecule is CC1=C(/C=C/C(C)=C\C=C\C(C)=C/C(=O)Nc2ccc(C(=O)O)cc2)C(C)(C)CCC1. The van der Waals surface area contributed by atoms with E-state index in [0.717, 1.165) is 11.1 Å². The van der Waals surface area contributed by atoms with Crippen molar-refractivity contribution < 1.29 is 14.7 Å². The Labute approximate surface area is 185 Å². The highest BCUT2D eigenvalue weighted by Crippen LogP contribution is 2.40. The molecular formula is C27H33NO3. The number of nitrogens with one attached hydrogen (secondary N) is 1. The van der Waals surface area contributed by atoms with E-state index in [1.165, 1.54) is 48.6 Å².